The first-order valence-corrected chi connectivity index (χ1v) is 11.7. The fraction of sp³-hybridized carbons (Fsp3) is 0.130. The van der Waals surface area contributed by atoms with Crippen molar-refractivity contribution in [3.63, 3.8) is 0 Å². The molecule has 10 heteroatoms. The highest BCUT2D eigenvalue weighted by Crippen LogP contribution is 2.29. The summed E-state index contributed by atoms with van der Waals surface area (Å²) in [5.74, 6) is 1.75. The molecule has 0 fully saturated rings. The Hall–Kier alpha value is -3.56. The van der Waals surface area contributed by atoms with Gasteiger partial charge in [0, 0.05) is 23.8 Å². The van der Waals surface area contributed by atoms with Crippen molar-refractivity contribution in [3.8, 4) is 5.75 Å². The van der Waals surface area contributed by atoms with Gasteiger partial charge in [-0.2, -0.15) is 4.98 Å². The van der Waals surface area contributed by atoms with Gasteiger partial charge in [-0.05, 0) is 54.6 Å². The number of methoxy groups -OCH3 is 1. The third-order valence-electron chi connectivity index (χ3n) is 4.92. The average Bonchev–Trinajstić information content (AvgIpc) is 2.79. The smallest absolute Gasteiger partial charge is 0.231 e. The Kier molecular flexibility index (Phi) is 7.25. The normalized spacial score (nSPS) is 10.9. The molecule has 0 aliphatic carbocycles. The number of rotatable bonds is 7. The van der Waals surface area contributed by atoms with Gasteiger partial charge in [0.2, 0.25) is 16.0 Å². The minimum Gasteiger partial charge on any atom is -0.497 e. The molecule has 2 N–H and O–H groups in total. The van der Waals surface area contributed by atoms with Crippen LogP contribution in [0.25, 0.3) is 10.9 Å². The lowest BCUT2D eigenvalue weighted by atomic mass is 10.2. The number of nitrogens with zero attached hydrogens (tertiary/aromatic N) is 3. The number of sulfonamides is 1. The first-order valence-electron chi connectivity index (χ1n) is 9.82. The Morgan fingerprint density at radius 2 is 1.55 bits per heavy atom. The molecule has 3 aromatic carbocycles. The molecule has 172 valence electrons. The Balaban J connectivity index is 0.00000306. The van der Waals surface area contributed by atoms with Crippen LogP contribution in [0.15, 0.2) is 72.8 Å². The second-order valence-corrected chi connectivity index (χ2v) is 9.19. The van der Waals surface area contributed by atoms with E-state index in [0.717, 1.165) is 22.3 Å². The zero-order chi connectivity index (χ0) is 22.7. The molecule has 1 heterocycles. The first kappa shape index (κ1) is 24.1. The maximum atomic E-state index is 11.7. The third-order valence-corrected chi connectivity index (χ3v) is 6.13. The second-order valence-electron chi connectivity index (χ2n) is 7.17. The van der Waals surface area contributed by atoms with Crippen molar-refractivity contribution in [2.45, 2.75) is 0 Å². The first-order chi connectivity index (χ1) is 15.3. The molecule has 0 spiro atoms. The molecule has 8 nitrogen and oxygen atoms in total. The van der Waals surface area contributed by atoms with Crippen molar-refractivity contribution in [3.05, 3.63) is 72.8 Å². The molecule has 4 rings (SSSR count). The fourth-order valence-electron chi connectivity index (χ4n) is 3.12. The largest absolute Gasteiger partial charge is 0.497 e. The molecule has 0 aliphatic heterocycles. The number of benzene rings is 3. The van der Waals surface area contributed by atoms with Crippen LogP contribution in [-0.2, 0) is 10.0 Å². The van der Waals surface area contributed by atoms with Crippen LogP contribution in [0.1, 0.15) is 0 Å². The van der Waals surface area contributed by atoms with E-state index in [2.05, 4.69) is 20.6 Å². The summed E-state index contributed by atoms with van der Waals surface area (Å²) in [6.07, 6.45) is 1.17. The topological polar surface area (TPSA) is 96.5 Å². The summed E-state index contributed by atoms with van der Waals surface area (Å²) >= 11 is 0. The monoisotopic (exact) mass is 485 g/mol. The number of ether oxygens (including phenoxy) is 1. The number of fused-ring (bicyclic) bond motifs is 1. The van der Waals surface area contributed by atoms with Gasteiger partial charge < -0.3 is 15.4 Å². The molecule has 0 atom stereocenters. The van der Waals surface area contributed by atoms with E-state index in [9.17, 15) is 8.42 Å². The average molecular weight is 486 g/mol. The summed E-state index contributed by atoms with van der Waals surface area (Å²) in [4.78, 5) is 9.29. The van der Waals surface area contributed by atoms with Crippen LogP contribution in [0.2, 0.25) is 0 Å². The summed E-state index contributed by atoms with van der Waals surface area (Å²) in [5, 5.41) is 7.36. The molecular weight excluding hydrogens is 462 g/mol. The van der Waals surface area contributed by atoms with Crippen molar-refractivity contribution in [2.24, 2.45) is 0 Å². The van der Waals surface area contributed by atoms with Gasteiger partial charge in [0.05, 0.1) is 24.6 Å². The highest BCUT2D eigenvalue weighted by molar-refractivity contribution is 7.92. The molecule has 0 bridgehead atoms. The summed E-state index contributed by atoms with van der Waals surface area (Å²) in [5.41, 5.74) is 2.94. The van der Waals surface area contributed by atoms with E-state index in [1.807, 2.05) is 48.5 Å². The molecule has 0 saturated carbocycles. The highest BCUT2D eigenvalue weighted by atomic mass is 35.5. The molecule has 0 aliphatic rings. The van der Waals surface area contributed by atoms with Gasteiger partial charge in [-0.15, -0.1) is 12.4 Å². The van der Waals surface area contributed by atoms with Gasteiger partial charge in [-0.1, -0.05) is 18.2 Å². The van der Waals surface area contributed by atoms with Gasteiger partial charge in [0.25, 0.3) is 0 Å². The maximum absolute atomic E-state index is 11.7. The lowest BCUT2D eigenvalue weighted by molar-refractivity contribution is 0.415. The van der Waals surface area contributed by atoms with Crippen LogP contribution >= 0.6 is 12.4 Å². The van der Waals surface area contributed by atoms with E-state index in [-0.39, 0.29) is 12.4 Å². The van der Waals surface area contributed by atoms with E-state index in [0.29, 0.717) is 23.2 Å². The highest BCUT2D eigenvalue weighted by Gasteiger charge is 2.13. The van der Waals surface area contributed by atoms with Gasteiger partial charge >= 0.3 is 0 Å². The van der Waals surface area contributed by atoms with Gasteiger partial charge in [0.1, 0.15) is 11.6 Å². The zero-order valence-electron chi connectivity index (χ0n) is 18.3. The number of para-hydroxylation sites is 1. The van der Waals surface area contributed by atoms with Crippen LogP contribution in [0.5, 0.6) is 5.75 Å². The van der Waals surface area contributed by atoms with Crippen molar-refractivity contribution >= 4 is 62.2 Å². The molecule has 0 saturated heterocycles. The van der Waals surface area contributed by atoms with E-state index >= 15 is 0 Å². The van der Waals surface area contributed by atoms with Crippen molar-refractivity contribution in [1.82, 2.24) is 9.97 Å². The number of nitrogens with one attached hydrogen (secondary N) is 2. The molecular formula is C23H24ClN5O3S. The molecule has 0 radical (unpaired) electrons. The number of hydrogen-bond donors (Lipinski definition) is 2. The second kappa shape index (κ2) is 9.93. The Bertz CT molecular complexity index is 1350. The fourth-order valence-corrected chi connectivity index (χ4v) is 3.62. The SMILES string of the molecule is COc1ccc2nc(Nc3ccc(N(C)S(C)(=O)=O)cc3)nc(Nc3ccccc3)c2c1.Cl. The van der Waals surface area contributed by atoms with E-state index in [4.69, 9.17) is 4.74 Å². The number of hydrogen-bond acceptors (Lipinski definition) is 7. The van der Waals surface area contributed by atoms with E-state index in [1.54, 1.807) is 31.4 Å². The van der Waals surface area contributed by atoms with Crippen LogP contribution < -0.4 is 19.7 Å². The van der Waals surface area contributed by atoms with Crippen LogP contribution in [0, 0.1) is 0 Å². The molecule has 0 amide bonds. The van der Waals surface area contributed by atoms with Crippen molar-refractivity contribution in [1.29, 1.82) is 0 Å². The van der Waals surface area contributed by atoms with Crippen LogP contribution in [0.3, 0.4) is 0 Å². The maximum Gasteiger partial charge on any atom is 0.231 e. The van der Waals surface area contributed by atoms with Crippen molar-refractivity contribution in [2.75, 3.05) is 35.4 Å². The number of anilines is 5. The molecule has 1 aromatic heterocycles. The Labute approximate surface area is 199 Å². The van der Waals surface area contributed by atoms with E-state index in [1.165, 1.54) is 17.6 Å². The van der Waals surface area contributed by atoms with Crippen LogP contribution in [0.4, 0.5) is 28.8 Å². The quantitative estimate of drug-likeness (QED) is 0.382. The standard InChI is InChI=1S/C23H23N5O3S.ClH/c1-28(32(3,29)30)18-11-9-17(10-12-18)25-23-26-21-14-13-19(31-2)15-20(21)22(27-23)24-16-7-5-4-6-8-16;/h4-15H,1-3H3,(H2,24,25,26,27);1H. The summed E-state index contributed by atoms with van der Waals surface area (Å²) in [6, 6.07) is 22.4. The Morgan fingerprint density at radius 3 is 2.18 bits per heavy atom. The predicted molar refractivity (Wildman–Crippen MR) is 136 cm³/mol. The zero-order valence-corrected chi connectivity index (χ0v) is 19.9. The lowest BCUT2D eigenvalue weighted by Gasteiger charge is -2.17. The third kappa shape index (κ3) is 5.63. The number of halogens is 1. The van der Waals surface area contributed by atoms with Gasteiger partial charge in [-0.25, -0.2) is 13.4 Å². The summed E-state index contributed by atoms with van der Waals surface area (Å²) < 4.78 is 30.1. The molecule has 4 aromatic rings. The predicted octanol–water partition coefficient (Wildman–Crippen LogP) is 4.94. The Morgan fingerprint density at radius 1 is 0.879 bits per heavy atom. The molecule has 33 heavy (non-hydrogen) atoms. The molecule has 0 unspecified atom stereocenters. The van der Waals surface area contributed by atoms with Crippen LogP contribution in [-0.4, -0.2) is 38.8 Å². The summed E-state index contributed by atoms with van der Waals surface area (Å²) in [6.45, 7) is 0. The number of aromatic nitrogens is 2. The lowest BCUT2D eigenvalue weighted by Crippen LogP contribution is -2.24. The van der Waals surface area contributed by atoms with E-state index < -0.39 is 10.0 Å². The van der Waals surface area contributed by atoms with Gasteiger partial charge in [-0.3, -0.25) is 4.31 Å². The van der Waals surface area contributed by atoms with Gasteiger partial charge in [0.15, 0.2) is 0 Å². The van der Waals surface area contributed by atoms with Crippen molar-refractivity contribution < 1.29 is 13.2 Å². The minimum atomic E-state index is -3.32. The minimum absolute atomic E-state index is 0. The summed E-state index contributed by atoms with van der Waals surface area (Å²) in [7, 11) is -0.191.